The number of aromatic nitrogens is 2. The standard InChI is InChI=1S/C13H16N2/c1-9-11(13(2,3)4)7-10-8-14-6-5-12(10)15-9/h5-8H,1-4H3. The van der Waals surface area contributed by atoms with Crippen LogP contribution in [0.3, 0.4) is 0 Å². The molecule has 0 saturated carbocycles. The number of aryl methyl sites for hydroxylation is 1. The molecule has 2 heteroatoms. The van der Waals surface area contributed by atoms with Gasteiger partial charge in [0.1, 0.15) is 0 Å². The van der Waals surface area contributed by atoms with Gasteiger partial charge in [-0.15, -0.1) is 0 Å². The summed E-state index contributed by atoms with van der Waals surface area (Å²) in [6.07, 6.45) is 3.66. The first-order chi connectivity index (χ1) is 6.98. The van der Waals surface area contributed by atoms with Crippen LogP contribution < -0.4 is 0 Å². The smallest absolute Gasteiger partial charge is 0.0736 e. The van der Waals surface area contributed by atoms with Gasteiger partial charge in [-0.3, -0.25) is 9.97 Å². The largest absolute Gasteiger partial charge is 0.264 e. The summed E-state index contributed by atoms with van der Waals surface area (Å²) in [6.45, 7) is 8.69. The molecule has 2 aromatic rings. The van der Waals surface area contributed by atoms with Gasteiger partial charge in [0.2, 0.25) is 0 Å². The molecule has 0 atom stereocenters. The second-order valence-electron chi connectivity index (χ2n) is 4.94. The summed E-state index contributed by atoms with van der Waals surface area (Å²) in [7, 11) is 0. The number of hydrogen-bond acceptors (Lipinski definition) is 2. The van der Waals surface area contributed by atoms with Gasteiger partial charge in [0.05, 0.1) is 5.52 Å². The quantitative estimate of drug-likeness (QED) is 0.652. The van der Waals surface area contributed by atoms with Crippen molar-refractivity contribution in [2.45, 2.75) is 33.1 Å². The van der Waals surface area contributed by atoms with E-state index in [1.807, 2.05) is 12.3 Å². The van der Waals surface area contributed by atoms with Crippen LogP contribution in [0.2, 0.25) is 0 Å². The molecule has 0 amide bonds. The molecule has 0 fully saturated rings. The summed E-state index contributed by atoms with van der Waals surface area (Å²) in [5.74, 6) is 0. The Morgan fingerprint density at radius 1 is 1.20 bits per heavy atom. The first kappa shape index (κ1) is 10.1. The average Bonchev–Trinajstić information content (AvgIpc) is 2.15. The predicted octanol–water partition coefficient (Wildman–Crippen LogP) is 3.24. The first-order valence-corrected chi connectivity index (χ1v) is 5.20. The normalized spacial score (nSPS) is 12.0. The van der Waals surface area contributed by atoms with Crippen molar-refractivity contribution in [1.82, 2.24) is 9.97 Å². The van der Waals surface area contributed by atoms with E-state index in [9.17, 15) is 0 Å². The molecule has 2 rings (SSSR count). The Morgan fingerprint density at radius 2 is 1.93 bits per heavy atom. The van der Waals surface area contributed by atoms with Crippen LogP contribution in [0.1, 0.15) is 32.0 Å². The van der Waals surface area contributed by atoms with Gasteiger partial charge in [0.15, 0.2) is 0 Å². The molecule has 2 nitrogen and oxygen atoms in total. The number of fused-ring (bicyclic) bond motifs is 1. The summed E-state index contributed by atoms with van der Waals surface area (Å²) in [6, 6.07) is 4.15. The van der Waals surface area contributed by atoms with E-state index < -0.39 is 0 Å². The third kappa shape index (κ3) is 1.84. The number of pyridine rings is 2. The fourth-order valence-electron chi connectivity index (χ4n) is 1.87. The van der Waals surface area contributed by atoms with E-state index in [-0.39, 0.29) is 5.41 Å². The van der Waals surface area contributed by atoms with Gasteiger partial charge < -0.3 is 0 Å². The van der Waals surface area contributed by atoms with Crippen LogP contribution in [-0.2, 0) is 5.41 Å². The van der Waals surface area contributed by atoms with E-state index in [1.54, 1.807) is 6.20 Å². The Balaban J connectivity index is 2.73. The van der Waals surface area contributed by atoms with E-state index in [1.165, 1.54) is 5.56 Å². The van der Waals surface area contributed by atoms with E-state index in [0.717, 1.165) is 16.6 Å². The highest BCUT2D eigenvalue weighted by molar-refractivity contribution is 5.78. The second kappa shape index (κ2) is 3.30. The van der Waals surface area contributed by atoms with Crippen molar-refractivity contribution < 1.29 is 0 Å². The van der Waals surface area contributed by atoms with Crippen molar-refractivity contribution in [3.63, 3.8) is 0 Å². The van der Waals surface area contributed by atoms with Gasteiger partial charge in [-0.2, -0.15) is 0 Å². The highest BCUT2D eigenvalue weighted by Gasteiger charge is 2.17. The Hall–Kier alpha value is -1.44. The molecule has 0 saturated heterocycles. The van der Waals surface area contributed by atoms with Crippen LogP contribution in [0.4, 0.5) is 0 Å². The van der Waals surface area contributed by atoms with Crippen LogP contribution in [0.25, 0.3) is 10.9 Å². The van der Waals surface area contributed by atoms with E-state index in [2.05, 4.69) is 43.7 Å². The molecule has 0 spiro atoms. The fraction of sp³-hybridized carbons (Fsp3) is 0.385. The van der Waals surface area contributed by atoms with E-state index in [4.69, 9.17) is 0 Å². The highest BCUT2D eigenvalue weighted by atomic mass is 14.7. The Morgan fingerprint density at radius 3 is 2.60 bits per heavy atom. The Kier molecular flexibility index (Phi) is 2.22. The SMILES string of the molecule is Cc1nc2ccncc2cc1C(C)(C)C. The maximum atomic E-state index is 4.60. The third-order valence-electron chi connectivity index (χ3n) is 2.61. The molecule has 2 heterocycles. The maximum absolute atomic E-state index is 4.60. The molecule has 0 unspecified atom stereocenters. The minimum atomic E-state index is 0.140. The molecule has 0 bridgehead atoms. The van der Waals surface area contributed by atoms with E-state index >= 15 is 0 Å². The molecule has 0 radical (unpaired) electrons. The number of hydrogen-bond donors (Lipinski definition) is 0. The Bertz CT molecular complexity index is 495. The molecule has 0 aliphatic rings. The molecule has 15 heavy (non-hydrogen) atoms. The number of rotatable bonds is 0. The van der Waals surface area contributed by atoms with E-state index in [0.29, 0.717) is 0 Å². The molecule has 2 aromatic heterocycles. The van der Waals surface area contributed by atoms with Crippen molar-refractivity contribution >= 4 is 10.9 Å². The molecular weight excluding hydrogens is 184 g/mol. The third-order valence-corrected chi connectivity index (χ3v) is 2.61. The van der Waals surface area contributed by atoms with Crippen molar-refractivity contribution in [3.05, 3.63) is 35.8 Å². The zero-order valence-electron chi connectivity index (χ0n) is 9.70. The summed E-state index contributed by atoms with van der Waals surface area (Å²) in [4.78, 5) is 8.73. The van der Waals surface area contributed by atoms with Gasteiger partial charge in [0.25, 0.3) is 0 Å². The van der Waals surface area contributed by atoms with Gasteiger partial charge in [-0.05, 0) is 30.0 Å². The summed E-state index contributed by atoms with van der Waals surface area (Å²) < 4.78 is 0. The summed E-state index contributed by atoms with van der Waals surface area (Å²) >= 11 is 0. The second-order valence-corrected chi connectivity index (χ2v) is 4.94. The molecule has 78 valence electrons. The fourth-order valence-corrected chi connectivity index (χ4v) is 1.87. The molecular formula is C13H16N2. The van der Waals surface area contributed by atoms with Crippen LogP contribution in [-0.4, -0.2) is 9.97 Å². The van der Waals surface area contributed by atoms with Gasteiger partial charge in [-0.25, -0.2) is 0 Å². The molecule has 0 aromatic carbocycles. The lowest BCUT2D eigenvalue weighted by atomic mass is 9.85. The minimum Gasteiger partial charge on any atom is -0.264 e. The van der Waals surface area contributed by atoms with Crippen molar-refractivity contribution in [1.29, 1.82) is 0 Å². The maximum Gasteiger partial charge on any atom is 0.0736 e. The summed E-state index contributed by atoms with van der Waals surface area (Å²) in [5, 5.41) is 1.12. The van der Waals surface area contributed by atoms with Crippen LogP contribution in [0, 0.1) is 6.92 Å². The van der Waals surface area contributed by atoms with Gasteiger partial charge in [0, 0.05) is 23.5 Å². The summed E-state index contributed by atoms with van der Waals surface area (Å²) in [5.41, 5.74) is 3.57. The first-order valence-electron chi connectivity index (χ1n) is 5.20. The molecule has 0 N–H and O–H groups in total. The number of nitrogens with zero attached hydrogens (tertiary/aromatic N) is 2. The van der Waals surface area contributed by atoms with Crippen molar-refractivity contribution in [3.8, 4) is 0 Å². The topological polar surface area (TPSA) is 25.8 Å². The van der Waals surface area contributed by atoms with Crippen LogP contribution >= 0.6 is 0 Å². The van der Waals surface area contributed by atoms with Gasteiger partial charge in [-0.1, -0.05) is 20.8 Å². The Labute approximate surface area is 90.4 Å². The van der Waals surface area contributed by atoms with Crippen molar-refractivity contribution in [2.75, 3.05) is 0 Å². The molecule has 0 aliphatic carbocycles. The zero-order valence-corrected chi connectivity index (χ0v) is 9.70. The average molecular weight is 200 g/mol. The highest BCUT2D eigenvalue weighted by Crippen LogP contribution is 2.27. The predicted molar refractivity (Wildman–Crippen MR) is 63.0 cm³/mol. The monoisotopic (exact) mass is 200 g/mol. The van der Waals surface area contributed by atoms with Gasteiger partial charge >= 0.3 is 0 Å². The zero-order chi connectivity index (χ0) is 11.1. The lowest BCUT2D eigenvalue weighted by Crippen LogP contribution is -2.14. The molecule has 0 aliphatic heterocycles. The van der Waals surface area contributed by atoms with Crippen molar-refractivity contribution in [2.24, 2.45) is 0 Å². The lowest BCUT2D eigenvalue weighted by Gasteiger charge is -2.21. The lowest BCUT2D eigenvalue weighted by molar-refractivity contribution is 0.583. The van der Waals surface area contributed by atoms with Crippen LogP contribution in [0.5, 0.6) is 0 Å². The van der Waals surface area contributed by atoms with Crippen LogP contribution in [0.15, 0.2) is 24.5 Å². The minimum absolute atomic E-state index is 0.140.